The van der Waals surface area contributed by atoms with Gasteiger partial charge in [0.2, 0.25) is 0 Å². The summed E-state index contributed by atoms with van der Waals surface area (Å²) in [7, 11) is 0. The summed E-state index contributed by atoms with van der Waals surface area (Å²) < 4.78 is 18.5. The number of ether oxygens (including phenoxy) is 1. The van der Waals surface area contributed by atoms with Crippen LogP contribution in [0.15, 0.2) is 24.3 Å². The lowest BCUT2D eigenvalue weighted by molar-refractivity contribution is 0.0963. The van der Waals surface area contributed by atoms with Gasteiger partial charge in [0.15, 0.2) is 0 Å². The number of hydrogen-bond donors (Lipinski definition) is 1. The number of likely N-dealkylation sites (N-methyl/N-ethyl adjacent to an activating group) is 1. The zero-order valence-corrected chi connectivity index (χ0v) is 10.7. The summed E-state index contributed by atoms with van der Waals surface area (Å²) in [6.45, 7) is 4.63. The minimum absolute atomic E-state index is 0.201. The van der Waals surface area contributed by atoms with Crippen molar-refractivity contribution in [2.45, 2.75) is 19.4 Å². The van der Waals surface area contributed by atoms with Crippen LogP contribution in [0.5, 0.6) is 0 Å². The third-order valence-electron chi connectivity index (χ3n) is 3.47. The van der Waals surface area contributed by atoms with Gasteiger partial charge in [-0.2, -0.15) is 0 Å². The van der Waals surface area contributed by atoms with Crippen molar-refractivity contribution in [3.63, 3.8) is 0 Å². The summed E-state index contributed by atoms with van der Waals surface area (Å²) in [5, 5.41) is 10.2. The van der Waals surface area contributed by atoms with Gasteiger partial charge in [0.05, 0.1) is 12.7 Å². The molecule has 3 nitrogen and oxygen atoms in total. The molecule has 2 atom stereocenters. The molecule has 0 saturated carbocycles. The van der Waals surface area contributed by atoms with E-state index >= 15 is 0 Å². The minimum Gasteiger partial charge on any atom is -0.391 e. The summed E-state index contributed by atoms with van der Waals surface area (Å²) in [6, 6.07) is 6.49. The molecule has 0 aromatic heterocycles. The quantitative estimate of drug-likeness (QED) is 0.871. The third-order valence-corrected chi connectivity index (χ3v) is 3.47. The molecule has 0 amide bonds. The monoisotopic (exact) mass is 253 g/mol. The molecule has 2 unspecified atom stereocenters. The molecule has 0 spiro atoms. The van der Waals surface area contributed by atoms with Gasteiger partial charge >= 0.3 is 0 Å². The molecule has 1 aliphatic rings. The molecule has 0 aliphatic carbocycles. The van der Waals surface area contributed by atoms with Gasteiger partial charge in [-0.05, 0) is 31.5 Å². The number of anilines is 1. The number of aliphatic hydroxyl groups excluding tert-OH is 1. The Hall–Kier alpha value is -1.13. The zero-order valence-electron chi connectivity index (χ0n) is 10.7. The van der Waals surface area contributed by atoms with Crippen molar-refractivity contribution >= 4 is 5.69 Å². The summed E-state index contributed by atoms with van der Waals surface area (Å²) in [5.74, 6) is -0.0442. The molecular weight excluding hydrogens is 233 g/mol. The summed E-state index contributed by atoms with van der Waals surface area (Å²) in [6.07, 6.45) is 0.484. The highest BCUT2D eigenvalue weighted by Crippen LogP contribution is 2.21. The molecule has 1 heterocycles. The maximum Gasteiger partial charge on any atom is 0.125 e. The van der Waals surface area contributed by atoms with Gasteiger partial charge in [0.1, 0.15) is 5.82 Å². The van der Waals surface area contributed by atoms with E-state index < -0.39 is 6.10 Å². The third kappa shape index (κ3) is 3.21. The van der Waals surface area contributed by atoms with Gasteiger partial charge in [-0.25, -0.2) is 4.39 Å². The highest BCUT2D eigenvalue weighted by molar-refractivity contribution is 5.46. The summed E-state index contributed by atoms with van der Waals surface area (Å²) in [4.78, 5) is 1.99. The first-order chi connectivity index (χ1) is 8.70. The average molecular weight is 253 g/mol. The number of nitrogens with zero attached hydrogens (tertiary/aromatic N) is 1. The average Bonchev–Trinajstić information content (AvgIpc) is 2.89. The van der Waals surface area contributed by atoms with E-state index in [2.05, 4.69) is 0 Å². The maximum absolute atomic E-state index is 13.2. The largest absolute Gasteiger partial charge is 0.391 e. The molecule has 4 heteroatoms. The molecule has 1 aromatic rings. The van der Waals surface area contributed by atoms with Gasteiger partial charge in [-0.15, -0.1) is 0 Å². The van der Waals surface area contributed by atoms with Crippen molar-refractivity contribution in [1.82, 2.24) is 0 Å². The Morgan fingerprint density at radius 3 is 3.00 bits per heavy atom. The fourth-order valence-corrected chi connectivity index (χ4v) is 2.32. The van der Waals surface area contributed by atoms with Crippen molar-refractivity contribution in [3.8, 4) is 0 Å². The van der Waals surface area contributed by atoms with E-state index in [1.165, 1.54) is 12.1 Å². The van der Waals surface area contributed by atoms with E-state index in [0.717, 1.165) is 25.3 Å². The standard InChI is InChI=1S/C14H20FNO2/c1-2-16(13-5-3-4-12(15)8-13)9-14(17)11-6-7-18-10-11/h3-5,8,11,14,17H,2,6-7,9-10H2,1H3. The minimum atomic E-state index is -0.421. The number of halogens is 1. The van der Waals surface area contributed by atoms with Crippen LogP contribution in [0.1, 0.15) is 13.3 Å². The van der Waals surface area contributed by atoms with Crippen LogP contribution >= 0.6 is 0 Å². The van der Waals surface area contributed by atoms with Crippen LogP contribution < -0.4 is 4.90 Å². The number of aliphatic hydroxyl groups is 1. The second kappa shape index (κ2) is 6.16. The Balaban J connectivity index is 2.00. The fourth-order valence-electron chi connectivity index (χ4n) is 2.32. The van der Waals surface area contributed by atoms with E-state index in [1.54, 1.807) is 6.07 Å². The van der Waals surface area contributed by atoms with E-state index in [9.17, 15) is 9.50 Å². The highest BCUT2D eigenvalue weighted by atomic mass is 19.1. The lowest BCUT2D eigenvalue weighted by atomic mass is 10.0. The van der Waals surface area contributed by atoms with Crippen molar-refractivity contribution in [2.75, 3.05) is 31.2 Å². The van der Waals surface area contributed by atoms with Gasteiger partial charge in [0.25, 0.3) is 0 Å². The Morgan fingerprint density at radius 2 is 2.39 bits per heavy atom. The molecule has 1 aromatic carbocycles. The van der Waals surface area contributed by atoms with Crippen LogP contribution in [0.3, 0.4) is 0 Å². The first-order valence-corrected chi connectivity index (χ1v) is 6.47. The van der Waals surface area contributed by atoms with Gasteiger partial charge < -0.3 is 14.7 Å². The summed E-state index contributed by atoms with van der Waals surface area (Å²) in [5.41, 5.74) is 0.815. The van der Waals surface area contributed by atoms with Crippen molar-refractivity contribution < 1.29 is 14.2 Å². The van der Waals surface area contributed by atoms with Gasteiger partial charge in [0, 0.05) is 31.3 Å². The van der Waals surface area contributed by atoms with Crippen LogP contribution in [0.2, 0.25) is 0 Å². The maximum atomic E-state index is 13.2. The van der Waals surface area contributed by atoms with Crippen LogP contribution in [-0.2, 0) is 4.74 Å². The molecule has 1 fully saturated rings. The van der Waals surface area contributed by atoms with Crippen molar-refractivity contribution in [3.05, 3.63) is 30.1 Å². The van der Waals surface area contributed by atoms with Crippen LogP contribution in [0, 0.1) is 11.7 Å². The Labute approximate surface area is 107 Å². The molecule has 18 heavy (non-hydrogen) atoms. The van der Waals surface area contributed by atoms with Crippen molar-refractivity contribution in [2.24, 2.45) is 5.92 Å². The lowest BCUT2D eigenvalue weighted by Crippen LogP contribution is -2.37. The highest BCUT2D eigenvalue weighted by Gasteiger charge is 2.25. The van der Waals surface area contributed by atoms with E-state index in [4.69, 9.17) is 4.74 Å². The smallest absolute Gasteiger partial charge is 0.125 e. The molecule has 1 aliphatic heterocycles. The van der Waals surface area contributed by atoms with Crippen molar-refractivity contribution in [1.29, 1.82) is 0 Å². The number of benzene rings is 1. The van der Waals surface area contributed by atoms with E-state index in [-0.39, 0.29) is 11.7 Å². The van der Waals surface area contributed by atoms with Crippen LogP contribution in [0.4, 0.5) is 10.1 Å². The van der Waals surface area contributed by atoms with E-state index in [0.29, 0.717) is 13.2 Å². The molecule has 0 radical (unpaired) electrons. The normalized spacial score (nSPS) is 20.9. The Morgan fingerprint density at radius 1 is 1.56 bits per heavy atom. The van der Waals surface area contributed by atoms with Crippen LogP contribution in [-0.4, -0.2) is 37.5 Å². The topological polar surface area (TPSA) is 32.7 Å². The fraction of sp³-hybridized carbons (Fsp3) is 0.571. The number of rotatable bonds is 5. The predicted octanol–water partition coefficient (Wildman–Crippen LogP) is 2.05. The number of hydrogen-bond acceptors (Lipinski definition) is 3. The SMILES string of the molecule is CCN(CC(O)C1CCOC1)c1cccc(F)c1. The Kier molecular flexibility index (Phi) is 4.55. The van der Waals surface area contributed by atoms with E-state index in [1.807, 2.05) is 17.9 Å². The first-order valence-electron chi connectivity index (χ1n) is 6.47. The second-order valence-electron chi connectivity index (χ2n) is 4.71. The molecule has 2 rings (SSSR count). The molecular formula is C14H20FNO2. The van der Waals surface area contributed by atoms with Gasteiger partial charge in [-0.3, -0.25) is 0 Å². The van der Waals surface area contributed by atoms with Crippen LogP contribution in [0.25, 0.3) is 0 Å². The lowest BCUT2D eigenvalue weighted by Gasteiger charge is -2.28. The Bertz CT molecular complexity index is 380. The molecule has 100 valence electrons. The van der Waals surface area contributed by atoms with Gasteiger partial charge in [-0.1, -0.05) is 6.07 Å². The summed E-state index contributed by atoms with van der Waals surface area (Å²) >= 11 is 0. The molecule has 1 N–H and O–H groups in total. The molecule has 1 saturated heterocycles. The predicted molar refractivity (Wildman–Crippen MR) is 69.2 cm³/mol. The second-order valence-corrected chi connectivity index (χ2v) is 4.71. The molecule has 0 bridgehead atoms. The first kappa shape index (κ1) is 13.3. The zero-order chi connectivity index (χ0) is 13.0.